The van der Waals surface area contributed by atoms with Crippen LogP contribution < -0.4 is 0 Å². The number of nitro benzene ring substituents is 1. The fourth-order valence-electron chi connectivity index (χ4n) is 4.14. The summed E-state index contributed by atoms with van der Waals surface area (Å²) in [6.45, 7) is 23.0. The molecule has 2 aromatic rings. The molecule has 1 amide bonds. The van der Waals surface area contributed by atoms with Crippen molar-refractivity contribution in [3.05, 3.63) is 56.0 Å². The van der Waals surface area contributed by atoms with Gasteiger partial charge < -0.3 is 18.6 Å². The van der Waals surface area contributed by atoms with E-state index in [2.05, 4.69) is 38.8 Å². The average molecular weight is 696 g/mol. The van der Waals surface area contributed by atoms with E-state index in [9.17, 15) is 19.7 Å². The third kappa shape index (κ3) is 12.9. The molecule has 1 aromatic heterocycles. The molecule has 0 aliphatic heterocycles. The Morgan fingerprint density at radius 2 is 1.70 bits per heavy atom. The third-order valence-corrected chi connectivity index (χ3v) is 13.1. The Labute approximate surface area is 284 Å². The maximum Gasteiger partial charge on any atom is 0.434 e. The number of benzene rings is 1. The topological polar surface area (TPSA) is 140 Å². The van der Waals surface area contributed by atoms with Crippen LogP contribution in [0.5, 0.6) is 0 Å². The maximum atomic E-state index is 13.6. The van der Waals surface area contributed by atoms with Gasteiger partial charge in [-0.1, -0.05) is 34.6 Å². The fourth-order valence-corrected chi connectivity index (χ4v) is 6.33. The molecule has 2 rings (SSSR count). The largest absolute Gasteiger partial charge is 0.461 e. The van der Waals surface area contributed by atoms with Gasteiger partial charge in [0.1, 0.15) is 10.6 Å². The molecular formula is C33H53N3O9SSi. The normalized spacial score (nSPS) is 13.7. The first-order chi connectivity index (χ1) is 21.8. The number of non-ortho nitro benzene ring substituents is 1. The first-order valence-corrected chi connectivity index (χ1v) is 19.8. The summed E-state index contributed by atoms with van der Waals surface area (Å²) in [7, 11) is -2.34. The van der Waals surface area contributed by atoms with Gasteiger partial charge in [0.25, 0.3) is 5.69 Å². The highest BCUT2D eigenvalue weighted by atomic mass is 32.1. The molecule has 2 atom stereocenters. The minimum atomic E-state index is -2.34. The SMILES string of the molecule is CCOC(=O)c1csc(C(CC(C(C)C)N(OCCCOCc2ccc([N+](=O)[O-])cc2)C(=O)OC(C)(C)C)O[Si](C)(C)C(C)(C)C)n1. The summed E-state index contributed by atoms with van der Waals surface area (Å²) in [5.41, 5.74) is 0.309. The quantitative estimate of drug-likeness (QED) is 0.0520. The molecule has 47 heavy (non-hydrogen) atoms. The van der Waals surface area contributed by atoms with Crippen LogP contribution in [0.4, 0.5) is 10.5 Å². The van der Waals surface area contributed by atoms with E-state index in [4.69, 9.17) is 23.5 Å². The maximum absolute atomic E-state index is 13.6. The van der Waals surface area contributed by atoms with E-state index < -0.39 is 43.1 Å². The van der Waals surface area contributed by atoms with E-state index in [0.717, 1.165) is 5.56 Å². The molecule has 14 heteroatoms. The van der Waals surface area contributed by atoms with E-state index >= 15 is 0 Å². The second-order valence-electron chi connectivity index (χ2n) is 14.2. The third-order valence-electron chi connectivity index (χ3n) is 7.70. The Kier molecular flexibility index (Phi) is 15.0. The molecule has 0 spiro atoms. The fraction of sp³-hybridized carbons (Fsp3) is 0.667. The van der Waals surface area contributed by atoms with Gasteiger partial charge >= 0.3 is 12.1 Å². The Morgan fingerprint density at radius 1 is 1.06 bits per heavy atom. The van der Waals surface area contributed by atoms with Gasteiger partial charge in [0.05, 0.1) is 36.9 Å². The molecule has 1 aromatic carbocycles. The Morgan fingerprint density at radius 3 is 2.23 bits per heavy atom. The number of amides is 1. The van der Waals surface area contributed by atoms with Gasteiger partial charge in [0.15, 0.2) is 14.0 Å². The number of nitrogens with zero attached hydrogens (tertiary/aromatic N) is 3. The molecule has 0 N–H and O–H groups in total. The van der Waals surface area contributed by atoms with Crippen LogP contribution >= 0.6 is 11.3 Å². The number of nitro groups is 1. The van der Waals surface area contributed by atoms with E-state index in [1.165, 1.54) is 28.5 Å². The van der Waals surface area contributed by atoms with Gasteiger partial charge in [-0.05, 0) is 75.9 Å². The highest BCUT2D eigenvalue weighted by Crippen LogP contribution is 2.42. The minimum absolute atomic E-state index is 0.0235. The van der Waals surface area contributed by atoms with Crippen molar-refractivity contribution in [1.82, 2.24) is 10.0 Å². The molecule has 0 radical (unpaired) electrons. The van der Waals surface area contributed by atoms with Gasteiger partial charge in [0, 0.05) is 30.5 Å². The van der Waals surface area contributed by atoms with E-state index in [0.29, 0.717) is 24.5 Å². The average Bonchev–Trinajstić information content (AvgIpc) is 3.44. The van der Waals surface area contributed by atoms with Crippen molar-refractivity contribution >= 4 is 37.4 Å². The van der Waals surface area contributed by atoms with Crippen molar-refractivity contribution in [2.45, 2.75) is 118 Å². The predicted molar refractivity (Wildman–Crippen MR) is 184 cm³/mol. The zero-order valence-electron chi connectivity index (χ0n) is 29.8. The van der Waals surface area contributed by atoms with Crippen LogP contribution in [0.3, 0.4) is 0 Å². The van der Waals surface area contributed by atoms with Crippen LogP contribution in [0.25, 0.3) is 0 Å². The summed E-state index contributed by atoms with van der Waals surface area (Å²) in [4.78, 5) is 47.3. The summed E-state index contributed by atoms with van der Waals surface area (Å²) in [5, 5.41) is 14.4. The van der Waals surface area contributed by atoms with Crippen molar-refractivity contribution in [1.29, 1.82) is 0 Å². The minimum Gasteiger partial charge on any atom is -0.461 e. The zero-order valence-corrected chi connectivity index (χ0v) is 31.6. The molecule has 0 fully saturated rings. The lowest BCUT2D eigenvalue weighted by Gasteiger charge is -2.41. The number of hydrogen-bond donors (Lipinski definition) is 0. The van der Waals surface area contributed by atoms with Crippen molar-refractivity contribution in [3.8, 4) is 0 Å². The standard InChI is InChI=1S/C33H53N3O9SSi/c1-12-42-30(37)26-22-46-29(34-26)28(45-47(10,11)33(7,8)9)20-27(23(2)3)35(31(38)44-32(4,5)6)43-19-13-18-41-21-24-14-16-25(17-15-24)36(39)40/h14-17,22-23,27-28H,12-13,18-21H2,1-11H3. The van der Waals surface area contributed by atoms with Crippen LogP contribution in [-0.4, -0.2) is 66.8 Å². The number of hydroxylamine groups is 2. The number of hydrogen-bond acceptors (Lipinski definition) is 11. The summed E-state index contributed by atoms with van der Waals surface area (Å²) in [6, 6.07) is 5.74. The smallest absolute Gasteiger partial charge is 0.434 e. The van der Waals surface area contributed by atoms with E-state index in [1.54, 1.807) is 45.2 Å². The molecule has 0 aliphatic rings. The monoisotopic (exact) mass is 695 g/mol. The summed E-state index contributed by atoms with van der Waals surface area (Å²) in [6.07, 6.45) is -0.290. The molecule has 0 aliphatic carbocycles. The Bertz CT molecular complexity index is 1300. The van der Waals surface area contributed by atoms with Gasteiger partial charge in [-0.15, -0.1) is 11.3 Å². The lowest BCUT2D eigenvalue weighted by Crippen LogP contribution is -2.48. The molecule has 0 saturated carbocycles. The molecule has 2 unspecified atom stereocenters. The number of aromatic nitrogens is 1. The lowest BCUT2D eigenvalue weighted by molar-refractivity contribution is -0.384. The van der Waals surface area contributed by atoms with Crippen molar-refractivity contribution < 1.29 is 38.0 Å². The van der Waals surface area contributed by atoms with Crippen LogP contribution in [0.15, 0.2) is 29.6 Å². The van der Waals surface area contributed by atoms with E-state index in [-0.39, 0.29) is 42.2 Å². The van der Waals surface area contributed by atoms with Gasteiger partial charge in [-0.25, -0.2) is 14.6 Å². The molecule has 12 nitrogen and oxygen atoms in total. The number of thiazole rings is 1. The summed E-state index contributed by atoms with van der Waals surface area (Å²) >= 11 is 1.33. The van der Waals surface area contributed by atoms with Crippen LogP contribution in [0.2, 0.25) is 18.1 Å². The predicted octanol–water partition coefficient (Wildman–Crippen LogP) is 8.48. The van der Waals surface area contributed by atoms with Crippen LogP contribution in [0, 0.1) is 16.0 Å². The molecule has 1 heterocycles. The van der Waals surface area contributed by atoms with Gasteiger partial charge in [0.2, 0.25) is 0 Å². The number of rotatable bonds is 17. The van der Waals surface area contributed by atoms with E-state index in [1.807, 2.05) is 13.8 Å². The number of esters is 1. The van der Waals surface area contributed by atoms with Crippen LogP contribution in [0.1, 0.15) is 102 Å². The number of carbonyl (C=O) groups excluding carboxylic acids is 2. The highest BCUT2D eigenvalue weighted by Gasteiger charge is 2.42. The van der Waals surface area contributed by atoms with Crippen LogP contribution in [-0.2, 0) is 30.1 Å². The molecule has 264 valence electrons. The van der Waals surface area contributed by atoms with Crippen molar-refractivity contribution in [3.63, 3.8) is 0 Å². The highest BCUT2D eigenvalue weighted by molar-refractivity contribution is 7.09. The summed E-state index contributed by atoms with van der Waals surface area (Å²) < 4.78 is 23.6. The first kappa shape index (κ1) is 40.3. The second-order valence-corrected chi connectivity index (χ2v) is 19.8. The molecule has 0 bridgehead atoms. The second kappa shape index (κ2) is 17.5. The molecule has 0 saturated heterocycles. The number of ether oxygens (including phenoxy) is 3. The summed E-state index contributed by atoms with van der Waals surface area (Å²) in [5.74, 6) is -0.549. The van der Waals surface area contributed by atoms with Crippen molar-refractivity contribution in [2.24, 2.45) is 5.92 Å². The Balaban J connectivity index is 2.27. The van der Waals surface area contributed by atoms with Crippen molar-refractivity contribution in [2.75, 3.05) is 19.8 Å². The number of carbonyl (C=O) groups is 2. The zero-order chi connectivity index (χ0) is 35.6. The van der Waals surface area contributed by atoms with Gasteiger partial charge in [-0.3, -0.25) is 15.0 Å². The first-order valence-electron chi connectivity index (χ1n) is 16.0. The lowest BCUT2D eigenvalue weighted by atomic mass is 9.98. The molecular weight excluding hydrogens is 643 g/mol. The van der Waals surface area contributed by atoms with Gasteiger partial charge in [-0.2, -0.15) is 5.06 Å². The Hall–Kier alpha value is -2.91.